The van der Waals surface area contributed by atoms with E-state index >= 15 is 0 Å². The molecule has 0 aromatic rings. The van der Waals surface area contributed by atoms with Crippen molar-refractivity contribution in [2.24, 2.45) is 17.8 Å². The van der Waals surface area contributed by atoms with Crippen LogP contribution in [0.5, 0.6) is 0 Å². The highest BCUT2D eigenvalue weighted by atomic mass is 16.5. The highest BCUT2D eigenvalue weighted by Crippen LogP contribution is 2.33. The van der Waals surface area contributed by atoms with Gasteiger partial charge in [0.05, 0.1) is 6.10 Å². The van der Waals surface area contributed by atoms with Crippen molar-refractivity contribution in [3.63, 3.8) is 0 Å². The maximum absolute atomic E-state index is 6.22. The van der Waals surface area contributed by atoms with Crippen LogP contribution in [0.2, 0.25) is 0 Å². The lowest BCUT2D eigenvalue weighted by Gasteiger charge is -2.29. The second-order valence-corrected chi connectivity index (χ2v) is 9.15. The lowest BCUT2D eigenvalue weighted by Crippen LogP contribution is -2.22. The monoisotopic (exact) mass is 350 g/mol. The predicted octanol–water partition coefficient (Wildman–Crippen LogP) is 7.92. The minimum absolute atomic E-state index is 0.590. The van der Waals surface area contributed by atoms with Gasteiger partial charge in [0.15, 0.2) is 0 Å². The molecule has 0 bridgehead atoms. The van der Waals surface area contributed by atoms with E-state index in [1.807, 2.05) is 0 Å². The van der Waals surface area contributed by atoms with Crippen LogP contribution in [0.4, 0.5) is 0 Å². The third kappa shape index (κ3) is 8.94. The van der Waals surface area contributed by atoms with E-state index in [9.17, 15) is 0 Å². The normalized spacial score (nSPS) is 30.5. The van der Waals surface area contributed by atoms with E-state index in [2.05, 4.69) is 13.8 Å². The Morgan fingerprint density at radius 3 is 1.80 bits per heavy atom. The highest BCUT2D eigenvalue weighted by molar-refractivity contribution is 4.74. The summed E-state index contributed by atoms with van der Waals surface area (Å²) in [6.45, 7) is 5.69. The van der Waals surface area contributed by atoms with Gasteiger partial charge in [-0.05, 0) is 56.3 Å². The van der Waals surface area contributed by atoms with Gasteiger partial charge >= 0.3 is 0 Å². The van der Waals surface area contributed by atoms with Crippen LogP contribution in [-0.4, -0.2) is 12.7 Å². The van der Waals surface area contributed by atoms with Crippen molar-refractivity contribution < 1.29 is 4.74 Å². The smallest absolute Gasteiger partial charge is 0.0575 e. The van der Waals surface area contributed by atoms with Crippen LogP contribution < -0.4 is 0 Å². The topological polar surface area (TPSA) is 9.23 Å². The molecule has 2 aliphatic rings. The molecule has 0 aromatic heterocycles. The Labute approximate surface area is 158 Å². The van der Waals surface area contributed by atoms with Crippen molar-refractivity contribution in [3.8, 4) is 0 Å². The van der Waals surface area contributed by atoms with E-state index in [4.69, 9.17) is 4.74 Å². The molecule has 0 N–H and O–H groups in total. The molecular weight excluding hydrogens is 304 g/mol. The predicted molar refractivity (Wildman–Crippen MR) is 110 cm³/mol. The molecule has 0 unspecified atom stereocenters. The van der Waals surface area contributed by atoms with Gasteiger partial charge in [-0.2, -0.15) is 0 Å². The minimum atomic E-state index is 0.590. The van der Waals surface area contributed by atoms with Crippen LogP contribution in [0.1, 0.15) is 123 Å². The van der Waals surface area contributed by atoms with Crippen LogP contribution in [-0.2, 0) is 4.74 Å². The van der Waals surface area contributed by atoms with Gasteiger partial charge in [-0.3, -0.25) is 0 Å². The van der Waals surface area contributed by atoms with Crippen LogP contribution >= 0.6 is 0 Å². The van der Waals surface area contributed by atoms with Gasteiger partial charge in [0.25, 0.3) is 0 Å². The molecule has 0 aromatic carbocycles. The summed E-state index contributed by atoms with van der Waals surface area (Å²) in [6.07, 6.45) is 24.9. The van der Waals surface area contributed by atoms with E-state index in [-0.39, 0.29) is 0 Å². The van der Waals surface area contributed by atoms with Crippen molar-refractivity contribution >= 4 is 0 Å². The summed E-state index contributed by atoms with van der Waals surface area (Å²) in [7, 11) is 0. The van der Waals surface area contributed by atoms with Gasteiger partial charge in [0.1, 0.15) is 0 Å². The summed E-state index contributed by atoms with van der Waals surface area (Å²) in [5.41, 5.74) is 0. The van der Waals surface area contributed by atoms with Crippen LogP contribution in [0.25, 0.3) is 0 Å². The molecule has 2 rings (SSSR count). The van der Waals surface area contributed by atoms with Gasteiger partial charge in [-0.1, -0.05) is 84.5 Å². The van der Waals surface area contributed by atoms with Crippen molar-refractivity contribution in [2.45, 2.75) is 129 Å². The molecule has 148 valence electrons. The van der Waals surface area contributed by atoms with Gasteiger partial charge in [0.2, 0.25) is 0 Å². The van der Waals surface area contributed by atoms with Crippen LogP contribution in [0.3, 0.4) is 0 Å². The van der Waals surface area contributed by atoms with Gasteiger partial charge in [-0.25, -0.2) is 0 Å². The van der Waals surface area contributed by atoms with Crippen molar-refractivity contribution in [1.82, 2.24) is 0 Å². The molecule has 0 heterocycles. The molecule has 0 saturated heterocycles. The standard InChI is InChI=1S/C24H46O/c1-3-5-6-7-8-10-22-16-18-24(19-17-22)25-20-9-11-23-14-12-21(4-2)13-15-23/h21-24H,3-20H2,1-2H3/t21-,22-,23-,24-. The first-order valence-electron chi connectivity index (χ1n) is 11.9. The fourth-order valence-corrected chi connectivity index (χ4v) is 5.17. The summed E-state index contributed by atoms with van der Waals surface area (Å²) >= 11 is 0. The number of ether oxygens (including phenoxy) is 1. The first-order valence-corrected chi connectivity index (χ1v) is 11.9. The maximum Gasteiger partial charge on any atom is 0.0575 e. The molecular formula is C24H46O. The highest BCUT2D eigenvalue weighted by Gasteiger charge is 2.22. The molecule has 0 aliphatic heterocycles. The zero-order valence-corrected chi connectivity index (χ0v) is 17.4. The maximum atomic E-state index is 6.22. The number of hydrogen-bond donors (Lipinski definition) is 0. The van der Waals surface area contributed by atoms with E-state index in [1.54, 1.807) is 0 Å². The Morgan fingerprint density at radius 2 is 1.16 bits per heavy atom. The zero-order valence-electron chi connectivity index (χ0n) is 17.4. The Hall–Kier alpha value is -0.0400. The summed E-state index contributed by atoms with van der Waals surface area (Å²) in [5.74, 6) is 3.06. The Morgan fingerprint density at radius 1 is 0.600 bits per heavy atom. The summed E-state index contributed by atoms with van der Waals surface area (Å²) in [5, 5.41) is 0. The van der Waals surface area contributed by atoms with E-state index in [1.165, 1.54) is 109 Å². The first-order chi connectivity index (χ1) is 12.3. The molecule has 2 fully saturated rings. The fourth-order valence-electron chi connectivity index (χ4n) is 5.17. The summed E-state index contributed by atoms with van der Waals surface area (Å²) < 4.78 is 6.22. The van der Waals surface area contributed by atoms with Crippen molar-refractivity contribution in [2.75, 3.05) is 6.61 Å². The van der Waals surface area contributed by atoms with E-state index in [0.29, 0.717) is 6.10 Å². The van der Waals surface area contributed by atoms with E-state index in [0.717, 1.165) is 24.4 Å². The zero-order chi connectivity index (χ0) is 17.7. The molecule has 0 atom stereocenters. The van der Waals surface area contributed by atoms with Crippen molar-refractivity contribution in [1.29, 1.82) is 0 Å². The molecule has 25 heavy (non-hydrogen) atoms. The molecule has 0 radical (unpaired) electrons. The molecule has 2 saturated carbocycles. The average molecular weight is 351 g/mol. The fraction of sp³-hybridized carbons (Fsp3) is 1.00. The third-order valence-corrected chi connectivity index (χ3v) is 7.16. The summed E-state index contributed by atoms with van der Waals surface area (Å²) in [4.78, 5) is 0. The lowest BCUT2D eigenvalue weighted by molar-refractivity contribution is 0.0132. The lowest BCUT2D eigenvalue weighted by atomic mass is 9.79. The first kappa shape index (κ1) is 21.3. The Balaban J connectivity index is 1.42. The molecule has 0 amide bonds. The summed E-state index contributed by atoms with van der Waals surface area (Å²) in [6, 6.07) is 0. The Bertz CT molecular complexity index is 297. The van der Waals surface area contributed by atoms with Gasteiger partial charge < -0.3 is 4.74 Å². The second-order valence-electron chi connectivity index (χ2n) is 9.15. The number of rotatable bonds is 12. The molecule has 0 spiro atoms. The van der Waals surface area contributed by atoms with Crippen molar-refractivity contribution in [3.05, 3.63) is 0 Å². The van der Waals surface area contributed by atoms with Crippen LogP contribution in [0, 0.1) is 17.8 Å². The quantitative estimate of drug-likeness (QED) is 0.325. The number of hydrogen-bond acceptors (Lipinski definition) is 1. The SMILES string of the molecule is CCCCCCC[C@H]1CC[C@H](OCCC[C@H]2CC[C@H](CC)CC2)CC1. The van der Waals surface area contributed by atoms with Gasteiger partial charge in [0, 0.05) is 6.61 Å². The Kier molecular flexibility index (Phi) is 11.2. The largest absolute Gasteiger partial charge is 0.378 e. The van der Waals surface area contributed by atoms with Crippen LogP contribution in [0.15, 0.2) is 0 Å². The molecule has 1 nitrogen and oxygen atoms in total. The average Bonchev–Trinajstić information content (AvgIpc) is 2.66. The van der Waals surface area contributed by atoms with E-state index < -0.39 is 0 Å². The molecule has 2 aliphatic carbocycles. The minimum Gasteiger partial charge on any atom is -0.378 e. The number of unbranched alkanes of at least 4 members (excludes halogenated alkanes) is 4. The third-order valence-electron chi connectivity index (χ3n) is 7.16. The van der Waals surface area contributed by atoms with Gasteiger partial charge in [-0.15, -0.1) is 0 Å². The molecule has 1 heteroatoms. The second kappa shape index (κ2) is 13.2.